The second-order valence-corrected chi connectivity index (χ2v) is 6.30. The van der Waals surface area contributed by atoms with Crippen LogP contribution in [0, 0.1) is 23.1 Å². The third-order valence-electron chi connectivity index (χ3n) is 4.61. The van der Waals surface area contributed by atoms with Crippen molar-refractivity contribution < 1.29 is 4.39 Å². The molecule has 1 aliphatic rings. The van der Waals surface area contributed by atoms with E-state index in [-0.39, 0.29) is 23.5 Å². The molecule has 1 fully saturated rings. The van der Waals surface area contributed by atoms with Crippen molar-refractivity contribution >= 4 is 11.5 Å². The van der Waals surface area contributed by atoms with Crippen molar-refractivity contribution in [2.75, 3.05) is 5.32 Å². The zero-order valence-electron chi connectivity index (χ0n) is 13.8. The summed E-state index contributed by atoms with van der Waals surface area (Å²) in [7, 11) is 0. The largest absolute Gasteiger partial charge is 0.339 e. The van der Waals surface area contributed by atoms with E-state index in [2.05, 4.69) is 15.3 Å². The van der Waals surface area contributed by atoms with Gasteiger partial charge >= 0.3 is 0 Å². The topological polar surface area (TPSA) is 108 Å². The number of nitrogens with one attached hydrogen (secondary N) is 2. The van der Waals surface area contributed by atoms with E-state index in [4.69, 9.17) is 5.73 Å². The molecule has 1 heterocycles. The van der Waals surface area contributed by atoms with Gasteiger partial charge in [0.1, 0.15) is 17.7 Å². The van der Waals surface area contributed by atoms with Gasteiger partial charge in [0.15, 0.2) is 11.4 Å². The number of anilines is 2. The maximum atomic E-state index is 13.9. The number of hydrogen-bond donors (Lipinski definition) is 3. The lowest BCUT2D eigenvalue weighted by molar-refractivity contribution is 0.529. The van der Waals surface area contributed by atoms with Crippen molar-refractivity contribution in [2.24, 2.45) is 11.7 Å². The van der Waals surface area contributed by atoms with Crippen LogP contribution in [0.3, 0.4) is 0 Å². The van der Waals surface area contributed by atoms with Crippen LogP contribution in [-0.2, 0) is 13.0 Å². The SMILES string of the molecule is N#Cc1c(Nc2cccc(F)c2CN)nc(CC2CCCC2)[nH]c1=O. The third kappa shape index (κ3) is 3.69. The number of nitrogens with two attached hydrogens (primary N) is 1. The summed E-state index contributed by atoms with van der Waals surface area (Å²) in [5, 5.41) is 12.2. The molecule has 1 aromatic carbocycles. The highest BCUT2D eigenvalue weighted by Gasteiger charge is 2.19. The number of halogens is 1. The van der Waals surface area contributed by atoms with Gasteiger partial charge in [0.05, 0.1) is 0 Å². The molecule has 0 spiro atoms. The molecule has 0 amide bonds. The van der Waals surface area contributed by atoms with Crippen molar-refractivity contribution in [3.05, 3.63) is 51.3 Å². The van der Waals surface area contributed by atoms with Gasteiger partial charge in [-0.3, -0.25) is 4.79 Å². The van der Waals surface area contributed by atoms with Crippen molar-refractivity contribution in [2.45, 2.75) is 38.6 Å². The summed E-state index contributed by atoms with van der Waals surface area (Å²) < 4.78 is 13.9. The van der Waals surface area contributed by atoms with Gasteiger partial charge in [0, 0.05) is 24.2 Å². The van der Waals surface area contributed by atoms with Gasteiger partial charge in [0.2, 0.25) is 0 Å². The van der Waals surface area contributed by atoms with Gasteiger partial charge in [-0.2, -0.15) is 5.26 Å². The average Bonchev–Trinajstić information content (AvgIpc) is 3.08. The fourth-order valence-electron chi connectivity index (χ4n) is 3.31. The molecular formula is C18H20FN5O. The summed E-state index contributed by atoms with van der Waals surface area (Å²) in [5.41, 5.74) is 5.69. The quantitative estimate of drug-likeness (QED) is 0.775. The molecule has 130 valence electrons. The number of aromatic nitrogens is 2. The van der Waals surface area contributed by atoms with Crippen LogP contribution in [0.4, 0.5) is 15.9 Å². The summed E-state index contributed by atoms with van der Waals surface area (Å²) in [6.45, 7) is -0.00494. The second-order valence-electron chi connectivity index (χ2n) is 6.30. The minimum atomic E-state index is -0.487. The van der Waals surface area contributed by atoms with Gasteiger partial charge in [-0.1, -0.05) is 31.7 Å². The Hall–Kier alpha value is -2.72. The molecule has 0 radical (unpaired) electrons. The van der Waals surface area contributed by atoms with E-state index in [1.54, 1.807) is 6.07 Å². The lowest BCUT2D eigenvalue weighted by atomic mass is 10.0. The Labute approximate surface area is 144 Å². The molecule has 4 N–H and O–H groups in total. The summed E-state index contributed by atoms with van der Waals surface area (Å²) in [6, 6.07) is 6.36. The first-order valence-electron chi connectivity index (χ1n) is 8.40. The van der Waals surface area contributed by atoms with Crippen LogP contribution < -0.4 is 16.6 Å². The predicted octanol–water partition coefficient (Wildman–Crippen LogP) is 2.72. The molecule has 0 saturated heterocycles. The summed E-state index contributed by atoms with van der Waals surface area (Å²) in [6.07, 6.45) is 5.29. The molecule has 7 heteroatoms. The molecule has 0 unspecified atom stereocenters. The van der Waals surface area contributed by atoms with Gasteiger partial charge in [-0.25, -0.2) is 9.37 Å². The van der Waals surface area contributed by atoms with Crippen molar-refractivity contribution in [3.8, 4) is 6.07 Å². The number of aromatic amines is 1. The van der Waals surface area contributed by atoms with Gasteiger partial charge in [-0.05, 0) is 18.1 Å². The Morgan fingerprint density at radius 1 is 1.40 bits per heavy atom. The molecule has 1 aliphatic carbocycles. The van der Waals surface area contributed by atoms with Crippen LogP contribution in [0.2, 0.25) is 0 Å². The van der Waals surface area contributed by atoms with Crippen LogP contribution >= 0.6 is 0 Å². The zero-order valence-corrected chi connectivity index (χ0v) is 13.8. The molecule has 6 nitrogen and oxygen atoms in total. The highest BCUT2D eigenvalue weighted by Crippen LogP contribution is 2.28. The monoisotopic (exact) mass is 341 g/mol. The highest BCUT2D eigenvalue weighted by atomic mass is 19.1. The summed E-state index contributed by atoms with van der Waals surface area (Å²) >= 11 is 0. The maximum absolute atomic E-state index is 13.9. The van der Waals surface area contributed by atoms with E-state index in [1.165, 1.54) is 25.0 Å². The zero-order chi connectivity index (χ0) is 17.8. The van der Waals surface area contributed by atoms with E-state index in [0.29, 0.717) is 23.9 Å². The van der Waals surface area contributed by atoms with E-state index < -0.39 is 11.4 Å². The van der Waals surface area contributed by atoms with Crippen molar-refractivity contribution in [1.82, 2.24) is 9.97 Å². The minimum Gasteiger partial charge on any atom is -0.339 e. The highest BCUT2D eigenvalue weighted by molar-refractivity contribution is 5.65. The van der Waals surface area contributed by atoms with Gasteiger partial charge in [0.25, 0.3) is 5.56 Å². The predicted molar refractivity (Wildman–Crippen MR) is 92.8 cm³/mol. The number of rotatable bonds is 5. The normalized spacial score (nSPS) is 14.4. The Balaban J connectivity index is 1.97. The molecule has 0 aliphatic heterocycles. The van der Waals surface area contributed by atoms with E-state index in [9.17, 15) is 14.4 Å². The number of hydrogen-bond acceptors (Lipinski definition) is 5. The number of benzene rings is 1. The molecule has 0 bridgehead atoms. The van der Waals surface area contributed by atoms with Gasteiger partial charge in [-0.15, -0.1) is 0 Å². The third-order valence-corrected chi connectivity index (χ3v) is 4.61. The van der Waals surface area contributed by atoms with E-state index in [0.717, 1.165) is 12.8 Å². The van der Waals surface area contributed by atoms with Crippen molar-refractivity contribution in [1.29, 1.82) is 5.26 Å². The molecule has 3 rings (SSSR count). The van der Waals surface area contributed by atoms with Crippen LogP contribution in [0.25, 0.3) is 0 Å². The van der Waals surface area contributed by atoms with Crippen LogP contribution in [0.1, 0.15) is 42.6 Å². The lowest BCUT2D eigenvalue weighted by Gasteiger charge is -2.14. The fraction of sp³-hybridized carbons (Fsp3) is 0.389. The fourth-order valence-corrected chi connectivity index (χ4v) is 3.31. The van der Waals surface area contributed by atoms with Crippen LogP contribution in [0.5, 0.6) is 0 Å². The first-order chi connectivity index (χ1) is 12.1. The Morgan fingerprint density at radius 3 is 2.84 bits per heavy atom. The number of nitrogens with zero attached hydrogens (tertiary/aromatic N) is 2. The average molecular weight is 341 g/mol. The second kappa shape index (κ2) is 7.45. The molecule has 25 heavy (non-hydrogen) atoms. The number of H-pyrrole nitrogens is 1. The minimum absolute atomic E-state index is 0.00494. The van der Waals surface area contributed by atoms with Crippen LogP contribution in [0.15, 0.2) is 23.0 Å². The lowest BCUT2D eigenvalue weighted by Crippen LogP contribution is -2.19. The molecule has 0 atom stereocenters. The summed E-state index contributed by atoms with van der Waals surface area (Å²) in [5.74, 6) is 0.739. The van der Waals surface area contributed by atoms with Crippen LogP contribution in [-0.4, -0.2) is 9.97 Å². The molecule has 1 aromatic heterocycles. The Bertz CT molecular complexity index is 865. The molecule has 1 saturated carbocycles. The van der Waals surface area contributed by atoms with Gasteiger partial charge < -0.3 is 16.0 Å². The molecular weight excluding hydrogens is 321 g/mol. The first-order valence-corrected chi connectivity index (χ1v) is 8.40. The number of nitriles is 1. The van der Waals surface area contributed by atoms with Crippen molar-refractivity contribution in [3.63, 3.8) is 0 Å². The first kappa shape index (κ1) is 17.1. The smallest absolute Gasteiger partial charge is 0.271 e. The Morgan fingerprint density at radius 2 is 2.16 bits per heavy atom. The van der Waals surface area contributed by atoms with E-state index >= 15 is 0 Å². The Kier molecular flexibility index (Phi) is 5.10. The maximum Gasteiger partial charge on any atom is 0.271 e. The standard InChI is InChI=1S/C18H20FN5O/c19-14-6-3-7-15(12(14)9-20)22-17-13(10-21)18(25)24-16(23-17)8-11-4-1-2-5-11/h3,6-7,11H,1-2,4-5,8-9,20H2,(H2,22,23,24,25). The molecule has 2 aromatic rings. The van der Waals surface area contributed by atoms with E-state index in [1.807, 2.05) is 6.07 Å². The summed E-state index contributed by atoms with van der Waals surface area (Å²) in [4.78, 5) is 19.3.